The smallest absolute Gasteiger partial charge is 0.261 e. The molecule has 2 rings (SSSR count). The summed E-state index contributed by atoms with van der Waals surface area (Å²) in [5.41, 5.74) is 0.901. The molecule has 0 radical (unpaired) electrons. The molecule has 0 saturated heterocycles. The van der Waals surface area contributed by atoms with Gasteiger partial charge in [-0.15, -0.1) is 0 Å². The Hall–Kier alpha value is -2.40. The van der Waals surface area contributed by atoms with Gasteiger partial charge in [0, 0.05) is 5.02 Å². The van der Waals surface area contributed by atoms with Gasteiger partial charge >= 0.3 is 0 Å². The SMILES string of the molecule is COc1ccc(OC[C@H](C)NC(=O)[C@@H](C)Oc2ccc(Cl)c(C)c2)cc1. The Balaban J connectivity index is 1.80. The number of halogens is 1. The van der Waals surface area contributed by atoms with Crippen LogP contribution < -0.4 is 19.5 Å². The second-order valence-electron chi connectivity index (χ2n) is 6.07. The average Bonchev–Trinajstić information content (AvgIpc) is 2.63. The molecular weight excluding hydrogens is 354 g/mol. The monoisotopic (exact) mass is 377 g/mol. The lowest BCUT2D eigenvalue weighted by atomic mass is 10.2. The first-order valence-corrected chi connectivity index (χ1v) is 8.77. The topological polar surface area (TPSA) is 56.8 Å². The van der Waals surface area contributed by atoms with Gasteiger partial charge in [-0.2, -0.15) is 0 Å². The summed E-state index contributed by atoms with van der Waals surface area (Å²) in [5, 5.41) is 3.54. The number of hydrogen-bond acceptors (Lipinski definition) is 4. The third kappa shape index (κ3) is 5.85. The van der Waals surface area contributed by atoms with Crippen molar-refractivity contribution in [3.8, 4) is 17.2 Å². The lowest BCUT2D eigenvalue weighted by Gasteiger charge is -2.19. The number of nitrogens with one attached hydrogen (secondary N) is 1. The molecule has 2 aromatic rings. The Bertz CT molecular complexity index is 733. The number of benzene rings is 2. The lowest BCUT2D eigenvalue weighted by Crippen LogP contribution is -2.43. The second-order valence-corrected chi connectivity index (χ2v) is 6.47. The lowest BCUT2D eigenvalue weighted by molar-refractivity contribution is -0.128. The Morgan fingerprint density at radius 3 is 2.31 bits per heavy atom. The molecular formula is C20H24ClNO4. The zero-order valence-corrected chi connectivity index (χ0v) is 16.2. The maximum absolute atomic E-state index is 12.3. The molecule has 0 aromatic heterocycles. The minimum Gasteiger partial charge on any atom is -0.497 e. The number of carbonyl (C=O) groups is 1. The van der Waals surface area contributed by atoms with Crippen LogP contribution in [0, 0.1) is 6.92 Å². The Morgan fingerprint density at radius 2 is 1.69 bits per heavy atom. The normalized spacial score (nSPS) is 12.8. The molecule has 0 aliphatic carbocycles. The number of ether oxygens (including phenoxy) is 3. The molecule has 0 aliphatic rings. The number of aryl methyl sites for hydroxylation is 1. The highest BCUT2D eigenvalue weighted by atomic mass is 35.5. The van der Waals surface area contributed by atoms with Crippen LogP contribution in [0.1, 0.15) is 19.4 Å². The van der Waals surface area contributed by atoms with Gasteiger partial charge in [0.15, 0.2) is 6.10 Å². The Labute approximate surface area is 159 Å². The van der Waals surface area contributed by atoms with Crippen molar-refractivity contribution in [2.75, 3.05) is 13.7 Å². The zero-order chi connectivity index (χ0) is 19.1. The molecule has 0 aliphatic heterocycles. The molecule has 0 fully saturated rings. The van der Waals surface area contributed by atoms with E-state index in [1.54, 1.807) is 26.2 Å². The molecule has 26 heavy (non-hydrogen) atoms. The van der Waals surface area contributed by atoms with Gasteiger partial charge in [0.25, 0.3) is 5.91 Å². The highest BCUT2D eigenvalue weighted by Gasteiger charge is 2.17. The van der Waals surface area contributed by atoms with Crippen LogP contribution in [-0.2, 0) is 4.79 Å². The largest absolute Gasteiger partial charge is 0.497 e. The molecule has 0 saturated carbocycles. The minimum absolute atomic E-state index is 0.164. The molecule has 0 spiro atoms. The molecule has 1 amide bonds. The van der Waals surface area contributed by atoms with Crippen LogP contribution in [0.15, 0.2) is 42.5 Å². The number of rotatable bonds is 8. The van der Waals surface area contributed by atoms with Crippen molar-refractivity contribution in [1.82, 2.24) is 5.32 Å². The summed E-state index contributed by atoms with van der Waals surface area (Å²) < 4.78 is 16.4. The van der Waals surface area contributed by atoms with Gasteiger partial charge in [-0.1, -0.05) is 11.6 Å². The van der Waals surface area contributed by atoms with Crippen molar-refractivity contribution >= 4 is 17.5 Å². The van der Waals surface area contributed by atoms with E-state index in [0.29, 0.717) is 23.1 Å². The summed E-state index contributed by atoms with van der Waals surface area (Å²) in [6.45, 7) is 5.82. The van der Waals surface area contributed by atoms with Crippen LogP contribution in [0.2, 0.25) is 5.02 Å². The van der Waals surface area contributed by atoms with Crippen molar-refractivity contribution in [3.63, 3.8) is 0 Å². The quantitative estimate of drug-likeness (QED) is 0.755. The van der Waals surface area contributed by atoms with Crippen molar-refractivity contribution in [1.29, 1.82) is 0 Å². The van der Waals surface area contributed by atoms with Crippen LogP contribution >= 0.6 is 11.6 Å². The van der Waals surface area contributed by atoms with Crippen molar-refractivity contribution < 1.29 is 19.0 Å². The van der Waals surface area contributed by atoms with Crippen molar-refractivity contribution in [3.05, 3.63) is 53.1 Å². The third-order valence-corrected chi connectivity index (χ3v) is 4.18. The van der Waals surface area contributed by atoms with Crippen molar-refractivity contribution in [2.45, 2.75) is 32.9 Å². The van der Waals surface area contributed by atoms with Crippen LogP contribution in [0.4, 0.5) is 0 Å². The van der Waals surface area contributed by atoms with E-state index in [1.807, 2.05) is 44.2 Å². The van der Waals surface area contributed by atoms with Gasteiger partial charge in [0.05, 0.1) is 13.2 Å². The summed E-state index contributed by atoms with van der Waals surface area (Å²) in [4.78, 5) is 12.3. The summed E-state index contributed by atoms with van der Waals surface area (Å²) in [7, 11) is 1.61. The van der Waals surface area contributed by atoms with E-state index in [-0.39, 0.29) is 11.9 Å². The van der Waals surface area contributed by atoms with Gasteiger partial charge in [-0.25, -0.2) is 0 Å². The standard InChI is InChI=1S/C20H24ClNO4/c1-13-11-18(9-10-19(13)21)26-15(3)20(23)22-14(2)12-25-17-7-5-16(24-4)6-8-17/h5-11,14-15H,12H2,1-4H3,(H,22,23)/t14-,15+/m0/s1. The van der Waals surface area contributed by atoms with Gasteiger partial charge in [-0.05, 0) is 68.8 Å². The summed E-state index contributed by atoms with van der Waals surface area (Å²) in [5.74, 6) is 1.88. The van der Waals surface area contributed by atoms with E-state index >= 15 is 0 Å². The van der Waals surface area contributed by atoms with E-state index in [9.17, 15) is 4.79 Å². The molecule has 140 valence electrons. The molecule has 1 N–H and O–H groups in total. The summed E-state index contributed by atoms with van der Waals surface area (Å²) in [6, 6.07) is 12.4. The van der Waals surface area contributed by atoms with Crippen LogP contribution in [0.3, 0.4) is 0 Å². The number of hydrogen-bond donors (Lipinski definition) is 1. The zero-order valence-electron chi connectivity index (χ0n) is 15.4. The maximum Gasteiger partial charge on any atom is 0.261 e. The molecule has 5 nitrogen and oxygen atoms in total. The molecule has 0 unspecified atom stereocenters. The van der Waals surface area contributed by atoms with Crippen LogP contribution in [0.25, 0.3) is 0 Å². The maximum atomic E-state index is 12.3. The first-order chi connectivity index (χ1) is 12.4. The summed E-state index contributed by atoms with van der Waals surface area (Å²) in [6.07, 6.45) is -0.626. The molecule has 0 heterocycles. The predicted molar refractivity (Wildman–Crippen MR) is 102 cm³/mol. The predicted octanol–water partition coefficient (Wildman–Crippen LogP) is 4.01. The molecule has 6 heteroatoms. The van der Waals surface area contributed by atoms with Gasteiger partial charge in [0.1, 0.15) is 23.9 Å². The van der Waals surface area contributed by atoms with E-state index < -0.39 is 6.10 Å². The fraction of sp³-hybridized carbons (Fsp3) is 0.350. The molecule has 0 bridgehead atoms. The Kier molecular flexibility index (Phi) is 7.16. The van der Waals surface area contributed by atoms with Gasteiger partial charge in [-0.3, -0.25) is 4.79 Å². The van der Waals surface area contributed by atoms with E-state index in [0.717, 1.165) is 11.3 Å². The highest BCUT2D eigenvalue weighted by molar-refractivity contribution is 6.31. The number of carbonyl (C=O) groups excluding carboxylic acids is 1. The van der Waals surface area contributed by atoms with Crippen molar-refractivity contribution in [2.24, 2.45) is 0 Å². The first-order valence-electron chi connectivity index (χ1n) is 8.39. The minimum atomic E-state index is -0.626. The van der Waals surface area contributed by atoms with E-state index in [2.05, 4.69) is 5.32 Å². The third-order valence-electron chi connectivity index (χ3n) is 3.76. The average molecular weight is 378 g/mol. The highest BCUT2D eigenvalue weighted by Crippen LogP contribution is 2.22. The number of amides is 1. The van der Waals surface area contributed by atoms with E-state index in [1.165, 1.54) is 0 Å². The first kappa shape index (κ1) is 19.9. The fourth-order valence-electron chi connectivity index (χ4n) is 2.24. The molecule has 2 atom stereocenters. The van der Waals surface area contributed by atoms with E-state index in [4.69, 9.17) is 25.8 Å². The van der Waals surface area contributed by atoms with Crippen LogP contribution in [0.5, 0.6) is 17.2 Å². The molecule has 2 aromatic carbocycles. The second kappa shape index (κ2) is 9.34. The Morgan fingerprint density at radius 1 is 1.08 bits per heavy atom. The van der Waals surface area contributed by atoms with Crippen LogP contribution in [-0.4, -0.2) is 31.8 Å². The summed E-state index contributed by atoms with van der Waals surface area (Å²) >= 11 is 6.00. The fourth-order valence-corrected chi connectivity index (χ4v) is 2.36. The van der Waals surface area contributed by atoms with Gasteiger partial charge < -0.3 is 19.5 Å². The van der Waals surface area contributed by atoms with Gasteiger partial charge in [0.2, 0.25) is 0 Å². The number of methoxy groups -OCH3 is 1.